The Morgan fingerprint density at radius 1 is 0.662 bits per heavy atom. The number of aromatic nitrogens is 10. The third-order valence-electron chi connectivity index (χ3n) is 9.40. The van der Waals surface area contributed by atoms with Crippen molar-refractivity contribution in [3.8, 4) is 63.4 Å². The minimum atomic E-state index is -4.92. The first-order chi connectivity index (χ1) is 34.8. The molecule has 74 heavy (non-hydrogen) atoms. The average Bonchev–Trinajstić information content (AvgIpc) is 4.08. The number of alkyl halides is 6. The minimum Gasteiger partial charge on any atom is -0.478 e. The lowest BCUT2D eigenvalue weighted by Gasteiger charge is -2.13. The van der Waals surface area contributed by atoms with Crippen molar-refractivity contribution in [3.63, 3.8) is 0 Å². The molecule has 0 atom stereocenters. The highest BCUT2D eigenvalue weighted by Crippen LogP contribution is 2.35. The molecular formula is C44H27Cl2F6N11O9S2. The van der Waals surface area contributed by atoms with Crippen molar-refractivity contribution in [2.75, 3.05) is 12.5 Å². The number of aliphatic carboxylic acids is 1. The van der Waals surface area contributed by atoms with E-state index in [4.69, 9.17) is 38.0 Å². The summed E-state index contributed by atoms with van der Waals surface area (Å²) in [5.74, 6) is -1.87. The predicted octanol–water partition coefficient (Wildman–Crippen LogP) is 8.76. The molecule has 0 spiro atoms. The first kappa shape index (κ1) is 53.3. The van der Waals surface area contributed by atoms with Gasteiger partial charge >= 0.3 is 18.7 Å². The third-order valence-corrected chi connectivity index (χ3v) is 12.2. The van der Waals surface area contributed by atoms with Crippen LogP contribution in [0.4, 0.5) is 26.3 Å². The Kier molecular flexibility index (Phi) is 15.3. The molecule has 0 amide bonds. The van der Waals surface area contributed by atoms with Gasteiger partial charge in [-0.1, -0.05) is 23.2 Å². The Balaban J connectivity index is 0.000000225. The number of benzene rings is 3. The molecule has 20 nitrogen and oxygen atoms in total. The SMILES string of the molecule is CS(=O)(=O)c1ccc(-c2nnc(/C=C/C(=O)O)n2-c2ccc(OC(F)(F)F)cc2Cl)nc1.CS(=O)(=O)c1ccc(-c2nnc(/C=C/c3nnc(-c4ccc(C#N)cc4)o3)n2-c2ccc(OC(F)(F)F)cc2Cl)nc1. The lowest BCUT2D eigenvalue weighted by molar-refractivity contribution is -0.275. The fourth-order valence-corrected chi connectivity index (χ4v) is 7.84. The monoisotopic (exact) mass is 1100 g/mol. The van der Waals surface area contributed by atoms with Crippen LogP contribution in [0.5, 0.6) is 11.5 Å². The molecular weight excluding hydrogens is 1080 g/mol. The molecule has 0 saturated heterocycles. The highest BCUT2D eigenvalue weighted by atomic mass is 35.5. The van der Waals surface area contributed by atoms with Crippen molar-refractivity contribution in [1.82, 2.24) is 49.7 Å². The van der Waals surface area contributed by atoms with Gasteiger partial charge < -0.3 is 19.0 Å². The number of ether oxygens (including phenoxy) is 2. The van der Waals surface area contributed by atoms with Gasteiger partial charge in [-0.3, -0.25) is 19.1 Å². The zero-order valence-corrected chi connectivity index (χ0v) is 40.2. The van der Waals surface area contributed by atoms with Gasteiger partial charge in [0.05, 0.1) is 42.8 Å². The van der Waals surface area contributed by atoms with Gasteiger partial charge in [-0.25, -0.2) is 21.6 Å². The number of halogens is 8. The number of nitriles is 1. The van der Waals surface area contributed by atoms with E-state index >= 15 is 0 Å². The Morgan fingerprint density at radius 2 is 1.14 bits per heavy atom. The standard InChI is InChI=1S/C26H15ClF3N7O4S.C18H12ClF3N4O5S/c1-42(38,39)18-7-8-20(32-14-18)24-35-33-22(37(24)21-9-6-17(12-19(21)27)41-26(28,29)30)10-11-23-34-36-25(40-23)16-4-2-15(13-31)3-5-16;1-32(29,30)11-3-4-13(23-9-11)17-25-24-15(6-7-16(27)28)26(17)14-5-2-10(8-12(14)19)31-18(20,21)22/h2-12,14H,1H3;2-9H,1H3,(H,27,28)/b11-10+;7-6+. The van der Waals surface area contributed by atoms with Crippen LogP contribution in [-0.2, 0) is 24.5 Å². The molecule has 8 rings (SSSR count). The van der Waals surface area contributed by atoms with Crippen LogP contribution in [0.1, 0.15) is 23.1 Å². The lowest BCUT2D eigenvalue weighted by atomic mass is 10.1. The number of nitrogens with zero attached hydrogens (tertiary/aromatic N) is 11. The van der Waals surface area contributed by atoms with Crippen LogP contribution in [-0.4, -0.2) is 103 Å². The van der Waals surface area contributed by atoms with E-state index in [0.29, 0.717) is 11.1 Å². The second kappa shape index (κ2) is 21.3. The smallest absolute Gasteiger partial charge is 0.478 e. The number of hydrogen-bond donors (Lipinski definition) is 1. The molecule has 0 bridgehead atoms. The maximum atomic E-state index is 12.7. The maximum Gasteiger partial charge on any atom is 0.573 e. The van der Waals surface area contributed by atoms with Gasteiger partial charge in [0.2, 0.25) is 11.8 Å². The second-order valence-electron chi connectivity index (χ2n) is 14.7. The molecule has 8 aromatic rings. The summed E-state index contributed by atoms with van der Waals surface area (Å²) >= 11 is 12.5. The number of sulfone groups is 2. The second-order valence-corrected chi connectivity index (χ2v) is 19.5. The van der Waals surface area contributed by atoms with Crippen LogP contribution < -0.4 is 9.47 Å². The summed E-state index contributed by atoms with van der Waals surface area (Å²) in [4.78, 5) is 19.1. The van der Waals surface area contributed by atoms with Crippen molar-refractivity contribution in [3.05, 3.63) is 137 Å². The Hall–Kier alpha value is -8.52. The van der Waals surface area contributed by atoms with Gasteiger partial charge in [0.1, 0.15) is 22.9 Å². The fourth-order valence-electron chi connectivity index (χ4n) is 6.21. The topological polar surface area (TPSA) is 274 Å². The van der Waals surface area contributed by atoms with E-state index in [2.05, 4.69) is 50.0 Å². The molecule has 0 aliphatic heterocycles. The number of rotatable bonds is 13. The molecule has 5 heterocycles. The Labute approximate surface area is 422 Å². The number of carboxylic acid groups (broad SMARTS) is 1. The normalized spacial score (nSPS) is 12.1. The number of pyridine rings is 2. The summed E-state index contributed by atoms with van der Waals surface area (Å²) in [5.41, 5.74) is 1.66. The first-order valence-corrected chi connectivity index (χ1v) is 24.6. The number of carbonyl (C=O) groups is 1. The summed E-state index contributed by atoms with van der Waals surface area (Å²) in [5, 5.41) is 41.6. The molecule has 0 fully saturated rings. The van der Waals surface area contributed by atoms with Crippen LogP contribution in [0.25, 0.3) is 64.1 Å². The van der Waals surface area contributed by atoms with E-state index in [1.165, 1.54) is 57.7 Å². The number of carboxylic acids is 1. The molecule has 30 heteroatoms. The Morgan fingerprint density at radius 3 is 1.53 bits per heavy atom. The zero-order chi connectivity index (χ0) is 53.8. The largest absolute Gasteiger partial charge is 0.573 e. The van der Waals surface area contributed by atoms with Crippen LogP contribution in [0.15, 0.2) is 118 Å². The van der Waals surface area contributed by atoms with Crippen LogP contribution in [0.2, 0.25) is 10.0 Å². The van der Waals surface area contributed by atoms with E-state index in [9.17, 15) is 48.0 Å². The summed E-state index contributed by atoms with van der Waals surface area (Å²) in [6, 6.07) is 20.3. The van der Waals surface area contributed by atoms with Crippen molar-refractivity contribution < 1.29 is 67.0 Å². The van der Waals surface area contributed by atoms with Gasteiger partial charge in [-0.05, 0) is 84.9 Å². The zero-order valence-electron chi connectivity index (χ0n) is 37.0. The maximum absolute atomic E-state index is 12.7. The highest BCUT2D eigenvalue weighted by Gasteiger charge is 2.33. The van der Waals surface area contributed by atoms with E-state index < -0.39 is 49.9 Å². The van der Waals surface area contributed by atoms with E-state index in [1.54, 1.807) is 24.3 Å². The molecule has 3 aromatic carbocycles. The van der Waals surface area contributed by atoms with E-state index in [1.807, 2.05) is 6.07 Å². The minimum absolute atomic E-state index is 0.0252. The summed E-state index contributed by atoms with van der Waals surface area (Å²) in [7, 11) is -7.04. The van der Waals surface area contributed by atoms with Crippen molar-refractivity contribution >= 4 is 67.1 Å². The van der Waals surface area contributed by atoms with Gasteiger partial charge in [0.15, 0.2) is 43.0 Å². The molecule has 5 aromatic heterocycles. The van der Waals surface area contributed by atoms with Gasteiger partial charge in [0, 0.05) is 54.8 Å². The van der Waals surface area contributed by atoms with Gasteiger partial charge in [-0.2, -0.15) is 5.26 Å². The third kappa shape index (κ3) is 13.3. The van der Waals surface area contributed by atoms with Crippen LogP contribution in [0.3, 0.4) is 0 Å². The molecule has 1 N–H and O–H groups in total. The van der Waals surface area contributed by atoms with E-state index in [-0.39, 0.29) is 77.7 Å². The first-order valence-electron chi connectivity index (χ1n) is 20.0. The molecule has 0 aliphatic carbocycles. The van der Waals surface area contributed by atoms with Crippen LogP contribution >= 0.6 is 23.2 Å². The Bertz CT molecular complexity index is 3730. The van der Waals surface area contributed by atoms with Crippen molar-refractivity contribution in [2.45, 2.75) is 22.5 Å². The summed E-state index contributed by atoms with van der Waals surface area (Å²) in [6.07, 6.45) is -0.815. The fraction of sp³-hybridized carbons (Fsp3) is 0.0909. The summed E-state index contributed by atoms with van der Waals surface area (Å²) < 4.78 is 139. The van der Waals surface area contributed by atoms with Crippen LogP contribution in [0, 0.1) is 11.3 Å². The number of hydrogen-bond acceptors (Lipinski definition) is 17. The lowest BCUT2D eigenvalue weighted by Crippen LogP contribution is -2.17. The van der Waals surface area contributed by atoms with Crippen molar-refractivity contribution in [1.29, 1.82) is 5.26 Å². The molecule has 0 unspecified atom stereocenters. The van der Waals surface area contributed by atoms with Gasteiger partial charge in [-0.15, -0.1) is 56.9 Å². The van der Waals surface area contributed by atoms with Gasteiger partial charge in [0.25, 0.3) is 0 Å². The molecule has 380 valence electrons. The average molecular weight is 1100 g/mol. The molecule has 0 saturated carbocycles. The van der Waals surface area contributed by atoms with Crippen molar-refractivity contribution in [2.24, 2.45) is 0 Å². The summed E-state index contributed by atoms with van der Waals surface area (Å²) in [6.45, 7) is 0. The molecule has 0 radical (unpaired) electrons. The van der Waals surface area contributed by atoms with E-state index in [0.717, 1.165) is 61.3 Å². The highest BCUT2D eigenvalue weighted by molar-refractivity contribution is 7.91. The quantitative estimate of drug-likeness (QED) is 0.0834. The molecule has 0 aliphatic rings. The predicted molar refractivity (Wildman–Crippen MR) is 249 cm³/mol.